The van der Waals surface area contributed by atoms with Crippen molar-refractivity contribution in [2.24, 2.45) is 0 Å². The van der Waals surface area contributed by atoms with E-state index in [1.54, 1.807) is 0 Å². The summed E-state index contributed by atoms with van der Waals surface area (Å²) < 4.78 is 0. The second kappa shape index (κ2) is 38.7. The minimum absolute atomic E-state index is 0. The Morgan fingerprint density at radius 3 is 0.500 bits per heavy atom. The molecule has 0 nitrogen and oxygen atoms in total. The molecule has 12 aromatic carbocycles. The first-order chi connectivity index (χ1) is 46.0. The van der Waals surface area contributed by atoms with Crippen LogP contribution in [0.1, 0.15) is 22.3 Å². The van der Waals surface area contributed by atoms with Crippen LogP contribution in [0.15, 0.2) is 315 Å². The molecular weight excluding hydrogens is 2020 g/mol. The molecule has 0 N–H and O–H groups in total. The number of hydrogen-bond donors (Lipinski definition) is 0. The molecule has 12 aromatic rings. The monoisotopic (exact) mass is 2100 g/mol. The molecule has 0 fully saturated rings. The fraction of sp³-hybridized carbons (Fsp3) is 0.0909. The molecule has 98 heavy (non-hydrogen) atoms. The van der Waals surface area contributed by atoms with Crippen molar-refractivity contribution in [2.75, 3.05) is 24.6 Å². The van der Waals surface area contributed by atoms with Crippen molar-refractivity contribution in [3.63, 3.8) is 0 Å². The minimum atomic E-state index is -1.72. The molecule has 496 valence electrons. The van der Waals surface area contributed by atoms with Crippen molar-refractivity contribution in [3.05, 3.63) is 363 Å². The van der Waals surface area contributed by atoms with Gasteiger partial charge in [0, 0.05) is 0 Å². The van der Waals surface area contributed by atoms with Gasteiger partial charge in [-0.05, 0) is 119 Å². The van der Waals surface area contributed by atoms with Crippen LogP contribution in [0, 0.1) is 49.4 Å². The van der Waals surface area contributed by atoms with Crippen LogP contribution in [0.2, 0.25) is 26.2 Å². The van der Waals surface area contributed by atoms with Gasteiger partial charge in [0.15, 0.2) is 0 Å². The van der Waals surface area contributed by atoms with E-state index in [-0.39, 0.29) is 89.5 Å². The quantitative estimate of drug-likeness (QED) is 0.0441. The van der Waals surface area contributed by atoms with Gasteiger partial charge in [-0.15, -0.1) is 70.8 Å². The van der Waals surface area contributed by atoms with E-state index in [2.05, 4.69) is 341 Å². The van der Waals surface area contributed by atoms with Gasteiger partial charge in [0.25, 0.3) is 0 Å². The maximum atomic E-state index is 7.29. The average Bonchev–Trinajstić information content (AvgIpc) is 1.59. The van der Waals surface area contributed by atoms with Gasteiger partial charge in [0.1, 0.15) is 40.8 Å². The number of benzene rings is 12. The maximum absolute atomic E-state index is 7.29. The van der Waals surface area contributed by atoms with E-state index in [4.69, 9.17) is 25.7 Å². The zero-order chi connectivity index (χ0) is 65.3. The standard InChI is InChI=1S/2C26H24P2.2C18H12Si.4Au/c2*1-5-13-23(14-6-1)27(24-15-7-2-8-16-24)21-22-28(25-17-9-3-10-18-25)26-19-11-4-12-20-26;2*1-5-13-7-9-15-16-10-8-14(6-2)12-18(16)19(3,4)17(15)11-13;;;;/h2*1-20H,21-22H2;2*7-12H,3-4H3;;;;/q;;2*-2;4*+1/p+4. The van der Waals surface area contributed by atoms with Crippen molar-refractivity contribution in [3.8, 4) is 45.9 Å². The molecule has 0 saturated heterocycles. The van der Waals surface area contributed by atoms with E-state index in [1.807, 2.05) is 24.3 Å². The summed E-state index contributed by atoms with van der Waals surface area (Å²) in [6.07, 6.45) is 34.2. The Labute approximate surface area is 653 Å². The maximum Gasteiger partial charge on any atom is 1.00 e. The van der Waals surface area contributed by atoms with Crippen LogP contribution >= 0.6 is 31.7 Å². The molecule has 14 rings (SSSR count). The molecule has 0 aromatic heterocycles. The fourth-order valence-electron chi connectivity index (χ4n) is 13.2. The Balaban J connectivity index is 0.000000184. The summed E-state index contributed by atoms with van der Waals surface area (Å²) in [4.78, 5) is 0. The third kappa shape index (κ3) is 19.3. The molecule has 0 atom stereocenters. The van der Waals surface area contributed by atoms with Crippen LogP contribution in [-0.4, -0.2) is 40.8 Å². The predicted molar refractivity (Wildman–Crippen MR) is 424 cm³/mol. The second-order valence-electron chi connectivity index (χ2n) is 24.6. The summed E-state index contributed by atoms with van der Waals surface area (Å²) in [5, 5.41) is 17.6. The van der Waals surface area contributed by atoms with Gasteiger partial charge in [0.05, 0.1) is 74.1 Å². The smallest absolute Gasteiger partial charge is 0.366 e. The SMILES string of the molecule is [Au+].[Au+].[Au+].[Au+].[C-]#Cc1ccc2c(c1)[Si](C)(C)c1cc(C#[C-])ccc1-2.[C-]#Cc1ccc2c(c1)[Si](C)(C)c1cc(C#[C-])ccc1-2.c1ccc([PH+](CC[PH+](c2ccccc2)c2ccccc2)c2ccccc2)cc1.c1ccc([PH+](CC[PH+](c2ccccc2)c2ccccc2)c2ccccc2)cc1. The summed E-state index contributed by atoms with van der Waals surface area (Å²) in [7, 11) is -6.58. The normalized spacial score (nSPS) is 11.8. The molecule has 0 amide bonds. The molecule has 2 aliphatic heterocycles. The molecule has 2 aliphatic rings. The van der Waals surface area contributed by atoms with E-state index in [9.17, 15) is 0 Å². The van der Waals surface area contributed by atoms with Crippen LogP contribution in [0.25, 0.3) is 22.3 Å². The first kappa shape index (κ1) is 79.3. The summed E-state index contributed by atoms with van der Waals surface area (Å²) in [5.74, 6) is 9.89. The van der Waals surface area contributed by atoms with Gasteiger partial charge in [-0.2, -0.15) is 0 Å². The summed E-state index contributed by atoms with van der Waals surface area (Å²) in [6, 6.07) is 114. The van der Waals surface area contributed by atoms with Gasteiger partial charge in [-0.25, -0.2) is 0 Å². The molecule has 0 aliphatic carbocycles. The molecule has 2 heterocycles. The second-order valence-corrected chi connectivity index (χ2v) is 43.7. The molecule has 0 bridgehead atoms. The zero-order valence-electron chi connectivity index (χ0n) is 55.1. The van der Waals surface area contributed by atoms with E-state index in [0.717, 1.165) is 22.3 Å². The van der Waals surface area contributed by atoms with Crippen LogP contribution in [-0.2, 0) is 89.5 Å². The Hall–Kier alpha value is -6.01. The Kier molecular flexibility index (Phi) is 31.3. The van der Waals surface area contributed by atoms with Crippen molar-refractivity contribution in [2.45, 2.75) is 26.2 Å². The Bertz CT molecular complexity index is 3920. The average molecular weight is 2100 g/mol. The summed E-state index contributed by atoms with van der Waals surface area (Å²) in [5.41, 5.74) is 8.47. The van der Waals surface area contributed by atoms with E-state index in [1.165, 1.54) is 110 Å². The molecule has 0 unspecified atom stereocenters. The summed E-state index contributed by atoms with van der Waals surface area (Å²) in [6.45, 7) is 9.27. The fourth-order valence-corrected chi connectivity index (χ4v) is 31.8. The number of rotatable bonds is 14. The largest absolute Gasteiger partial charge is 1.00 e. The topological polar surface area (TPSA) is 0 Å². The van der Waals surface area contributed by atoms with Crippen molar-refractivity contribution in [1.82, 2.24) is 0 Å². The van der Waals surface area contributed by atoms with Crippen molar-refractivity contribution in [1.29, 1.82) is 0 Å². The van der Waals surface area contributed by atoms with Gasteiger partial charge >= 0.3 is 89.5 Å². The van der Waals surface area contributed by atoms with Crippen molar-refractivity contribution < 1.29 is 89.5 Å². The summed E-state index contributed by atoms with van der Waals surface area (Å²) >= 11 is 0. The predicted octanol–water partition coefficient (Wildman–Crippen LogP) is 14.2. The molecule has 0 saturated carbocycles. The van der Waals surface area contributed by atoms with Crippen LogP contribution < -0.4 is 63.2 Å². The third-order valence-corrected chi connectivity index (χ3v) is 37.4. The molecular formula is C88H76Au4P4Si2+4. The first-order valence-corrected chi connectivity index (χ1v) is 45.0. The van der Waals surface area contributed by atoms with Crippen LogP contribution in [0.4, 0.5) is 0 Å². The van der Waals surface area contributed by atoms with E-state index < -0.39 is 47.8 Å². The van der Waals surface area contributed by atoms with Gasteiger partial charge in [-0.1, -0.05) is 217 Å². The van der Waals surface area contributed by atoms with Gasteiger partial charge in [-0.3, -0.25) is 23.7 Å². The van der Waals surface area contributed by atoms with E-state index in [0.29, 0.717) is 0 Å². The Morgan fingerprint density at radius 2 is 0.367 bits per heavy atom. The van der Waals surface area contributed by atoms with Crippen molar-refractivity contribution >= 4 is 111 Å². The number of hydrogen-bond acceptors (Lipinski definition) is 0. The zero-order valence-corrected chi connectivity index (χ0v) is 69.7. The van der Waals surface area contributed by atoms with E-state index >= 15 is 0 Å². The third-order valence-electron chi connectivity index (χ3n) is 18.2. The van der Waals surface area contributed by atoms with Gasteiger partial charge in [0.2, 0.25) is 0 Å². The van der Waals surface area contributed by atoms with Gasteiger partial charge < -0.3 is 25.7 Å². The van der Waals surface area contributed by atoms with Crippen LogP contribution in [0.5, 0.6) is 0 Å². The molecule has 10 heteroatoms. The minimum Gasteiger partial charge on any atom is -0.366 e. The molecule has 0 spiro atoms. The Morgan fingerprint density at radius 1 is 0.224 bits per heavy atom. The van der Waals surface area contributed by atoms with Crippen LogP contribution in [0.3, 0.4) is 0 Å². The molecule has 0 radical (unpaired) electrons. The number of fused-ring (bicyclic) bond motifs is 6. The first-order valence-electron chi connectivity index (χ1n) is 32.2.